The number of rotatable bonds is 7. The number of aliphatic carboxylic acids is 1. The molecule has 0 spiro atoms. The van der Waals surface area contributed by atoms with Gasteiger partial charge in [-0.1, -0.05) is 26.3 Å². The molecule has 0 amide bonds. The molecule has 0 saturated carbocycles. The van der Waals surface area contributed by atoms with Gasteiger partial charge in [0.25, 0.3) is 0 Å². The van der Waals surface area contributed by atoms with Crippen LogP contribution in [0.3, 0.4) is 0 Å². The molecular formula is C14H22N2O2. The molecule has 0 fully saturated rings. The molecule has 0 radical (unpaired) electrons. The first kappa shape index (κ1) is 14.5. The molecule has 1 heterocycles. The fourth-order valence-electron chi connectivity index (χ4n) is 1.70. The van der Waals surface area contributed by atoms with E-state index in [9.17, 15) is 4.79 Å². The molecule has 1 rings (SSSR count). The van der Waals surface area contributed by atoms with Crippen LogP contribution < -0.4 is 4.90 Å². The average molecular weight is 250 g/mol. The van der Waals surface area contributed by atoms with Crippen LogP contribution in [0, 0.1) is 12.8 Å². The van der Waals surface area contributed by atoms with Crippen LogP contribution in [0.5, 0.6) is 0 Å². The molecule has 18 heavy (non-hydrogen) atoms. The number of aryl methyl sites for hydroxylation is 1. The molecule has 0 bridgehead atoms. The quantitative estimate of drug-likeness (QED) is 0.808. The van der Waals surface area contributed by atoms with Crippen molar-refractivity contribution < 1.29 is 9.90 Å². The summed E-state index contributed by atoms with van der Waals surface area (Å²) in [4.78, 5) is 17.4. The van der Waals surface area contributed by atoms with Crippen LogP contribution in [-0.4, -0.2) is 29.1 Å². The van der Waals surface area contributed by atoms with E-state index in [1.165, 1.54) is 0 Å². The van der Waals surface area contributed by atoms with Gasteiger partial charge in [-0.25, -0.2) is 4.98 Å². The third kappa shape index (κ3) is 4.35. The highest BCUT2D eigenvalue weighted by Crippen LogP contribution is 2.14. The minimum absolute atomic E-state index is 0.384. The summed E-state index contributed by atoms with van der Waals surface area (Å²) in [7, 11) is 0. The summed E-state index contributed by atoms with van der Waals surface area (Å²) in [5, 5.41) is 9.00. The summed E-state index contributed by atoms with van der Waals surface area (Å²) in [6.07, 6.45) is 3.95. The normalized spacial score (nSPS) is 12.2. The molecule has 1 atom stereocenters. The Morgan fingerprint density at radius 2 is 2.22 bits per heavy atom. The molecule has 1 aromatic rings. The Bertz CT molecular complexity index is 376. The van der Waals surface area contributed by atoms with Gasteiger partial charge in [0.1, 0.15) is 5.82 Å². The zero-order chi connectivity index (χ0) is 13.5. The minimum atomic E-state index is -0.761. The van der Waals surface area contributed by atoms with Crippen molar-refractivity contribution in [3.63, 3.8) is 0 Å². The summed E-state index contributed by atoms with van der Waals surface area (Å²) in [5.74, 6) is -0.282. The van der Waals surface area contributed by atoms with Gasteiger partial charge in [-0.15, -0.1) is 0 Å². The first-order chi connectivity index (χ1) is 8.54. The van der Waals surface area contributed by atoms with Gasteiger partial charge in [0.05, 0.1) is 5.92 Å². The van der Waals surface area contributed by atoms with E-state index in [0.29, 0.717) is 6.54 Å². The first-order valence-corrected chi connectivity index (χ1v) is 6.45. The maximum absolute atomic E-state index is 10.9. The molecule has 4 heteroatoms. The number of carboxylic acid groups (broad SMARTS) is 1. The van der Waals surface area contributed by atoms with Crippen molar-refractivity contribution in [3.05, 3.63) is 23.9 Å². The summed E-state index contributed by atoms with van der Waals surface area (Å²) in [6.45, 7) is 7.21. The Balaban J connectivity index is 2.76. The van der Waals surface area contributed by atoms with Gasteiger partial charge in [0.15, 0.2) is 0 Å². The highest BCUT2D eigenvalue weighted by molar-refractivity contribution is 5.70. The number of carbonyl (C=O) groups is 1. The fourth-order valence-corrected chi connectivity index (χ4v) is 1.70. The van der Waals surface area contributed by atoms with Crippen molar-refractivity contribution in [1.82, 2.24) is 4.98 Å². The lowest BCUT2D eigenvalue weighted by Gasteiger charge is -2.25. The van der Waals surface area contributed by atoms with E-state index >= 15 is 0 Å². The van der Waals surface area contributed by atoms with E-state index < -0.39 is 5.97 Å². The van der Waals surface area contributed by atoms with Crippen LogP contribution in [0.25, 0.3) is 0 Å². The number of aromatic nitrogens is 1. The molecule has 1 aromatic heterocycles. The molecule has 1 N–H and O–H groups in total. The second-order valence-corrected chi connectivity index (χ2v) is 4.73. The van der Waals surface area contributed by atoms with Gasteiger partial charge >= 0.3 is 5.97 Å². The van der Waals surface area contributed by atoms with Crippen LogP contribution in [0.1, 0.15) is 32.3 Å². The number of carboxylic acids is 1. The van der Waals surface area contributed by atoms with Gasteiger partial charge in [-0.2, -0.15) is 0 Å². The van der Waals surface area contributed by atoms with Crippen molar-refractivity contribution in [2.75, 3.05) is 18.0 Å². The van der Waals surface area contributed by atoms with E-state index in [0.717, 1.165) is 30.8 Å². The Morgan fingerprint density at radius 1 is 1.50 bits per heavy atom. The number of hydrogen-bond acceptors (Lipinski definition) is 3. The van der Waals surface area contributed by atoms with Crippen molar-refractivity contribution in [1.29, 1.82) is 0 Å². The lowest BCUT2D eigenvalue weighted by molar-refractivity contribution is -0.140. The van der Waals surface area contributed by atoms with Gasteiger partial charge in [-0.05, 0) is 25.0 Å². The van der Waals surface area contributed by atoms with Gasteiger partial charge in [-0.3, -0.25) is 4.79 Å². The predicted octanol–water partition coefficient (Wildman–Crippen LogP) is 2.72. The van der Waals surface area contributed by atoms with Crippen molar-refractivity contribution in [2.24, 2.45) is 5.92 Å². The van der Waals surface area contributed by atoms with Crippen molar-refractivity contribution in [2.45, 2.75) is 33.6 Å². The van der Waals surface area contributed by atoms with Crippen molar-refractivity contribution in [3.8, 4) is 0 Å². The smallest absolute Gasteiger partial charge is 0.308 e. The third-order valence-electron chi connectivity index (χ3n) is 2.92. The minimum Gasteiger partial charge on any atom is -0.481 e. The average Bonchev–Trinajstić information content (AvgIpc) is 2.35. The summed E-state index contributed by atoms with van der Waals surface area (Å²) in [5.41, 5.74) is 1.11. The number of anilines is 1. The maximum Gasteiger partial charge on any atom is 0.308 e. The fraction of sp³-hybridized carbons (Fsp3) is 0.571. The van der Waals surface area contributed by atoms with Crippen molar-refractivity contribution >= 4 is 11.8 Å². The first-order valence-electron chi connectivity index (χ1n) is 6.45. The van der Waals surface area contributed by atoms with Crippen LogP contribution in [0.2, 0.25) is 0 Å². The molecule has 0 aliphatic rings. The molecule has 4 nitrogen and oxygen atoms in total. The number of nitrogens with zero attached hydrogens (tertiary/aromatic N) is 2. The summed E-state index contributed by atoms with van der Waals surface area (Å²) < 4.78 is 0. The summed E-state index contributed by atoms with van der Waals surface area (Å²) in [6, 6.07) is 3.96. The van der Waals surface area contributed by atoms with E-state index in [1.807, 2.05) is 25.3 Å². The topological polar surface area (TPSA) is 53.4 Å². The zero-order valence-corrected chi connectivity index (χ0v) is 11.4. The Hall–Kier alpha value is -1.58. The monoisotopic (exact) mass is 250 g/mol. The second-order valence-electron chi connectivity index (χ2n) is 4.73. The van der Waals surface area contributed by atoms with E-state index in [1.54, 1.807) is 6.92 Å². The Labute approximate surface area is 109 Å². The molecule has 0 aromatic carbocycles. The van der Waals surface area contributed by atoms with Gasteiger partial charge in [0.2, 0.25) is 0 Å². The maximum atomic E-state index is 10.9. The van der Waals surface area contributed by atoms with E-state index in [-0.39, 0.29) is 5.92 Å². The summed E-state index contributed by atoms with van der Waals surface area (Å²) >= 11 is 0. The van der Waals surface area contributed by atoms with Crippen LogP contribution >= 0.6 is 0 Å². The standard InChI is InChI=1S/C14H22N2O2/c1-4-5-8-16(10-12(3)14(17)18)13-7-6-11(2)9-15-13/h6-7,9,12H,4-5,8,10H2,1-3H3,(H,17,18). The number of hydrogen-bond donors (Lipinski definition) is 1. The van der Waals surface area contributed by atoms with Crippen LogP contribution in [0.4, 0.5) is 5.82 Å². The van der Waals surface area contributed by atoms with Crippen LogP contribution in [-0.2, 0) is 4.79 Å². The molecular weight excluding hydrogens is 228 g/mol. The third-order valence-corrected chi connectivity index (χ3v) is 2.92. The Kier molecular flexibility index (Phi) is 5.62. The van der Waals surface area contributed by atoms with Gasteiger partial charge < -0.3 is 10.0 Å². The van der Waals surface area contributed by atoms with E-state index in [2.05, 4.69) is 16.8 Å². The SMILES string of the molecule is CCCCN(CC(C)C(=O)O)c1ccc(C)cn1. The largest absolute Gasteiger partial charge is 0.481 e. The Morgan fingerprint density at radius 3 is 2.72 bits per heavy atom. The lowest BCUT2D eigenvalue weighted by atomic mass is 10.1. The highest BCUT2D eigenvalue weighted by atomic mass is 16.4. The lowest BCUT2D eigenvalue weighted by Crippen LogP contribution is -2.33. The zero-order valence-electron chi connectivity index (χ0n) is 11.4. The number of pyridine rings is 1. The second kappa shape index (κ2) is 6.99. The molecule has 0 saturated heterocycles. The van der Waals surface area contributed by atoms with Gasteiger partial charge in [0, 0.05) is 19.3 Å². The highest BCUT2D eigenvalue weighted by Gasteiger charge is 2.16. The van der Waals surface area contributed by atoms with Crippen LogP contribution in [0.15, 0.2) is 18.3 Å². The molecule has 0 aliphatic heterocycles. The number of unbranched alkanes of at least 4 members (excludes halogenated alkanes) is 1. The molecule has 1 unspecified atom stereocenters. The molecule has 100 valence electrons. The van der Waals surface area contributed by atoms with E-state index in [4.69, 9.17) is 5.11 Å². The molecule has 0 aliphatic carbocycles. The predicted molar refractivity (Wildman–Crippen MR) is 72.9 cm³/mol.